The van der Waals surface area contributed by atoms with Crippen molar-refractivity contribution in [3.63, 3.8) is 0 Å². The van der Waals surface area contributed by atoms with Gasteiger partial charge in [0.2, 0.25) is 0 Å². The number of ether oxygens (including phenoxy) is 3. The molecule has 0 saturated carbocycles. The maximum Gasteiger partial charge on any atom is 0.335 e. The first kappa shape index (κ1) is 28.7. The normalized spacial score (nSPS) is 20.6. The number of fused-ring (bicyclic) bond motifs is 2. The maximum atomic E-state index is 14.8. The van der Waals surface area contributed by atoms with Crippen LogP contribution in [0.5, 0.6) is 11.5 Å². The number of halogens is 3. The summed E-state index contributed by atoms with van der Waals surface area (Å²) in [6.07, 6.45) is -0.721. The number of nitrogens with zero attached hydrogens (tertiary/aromatic N) is 3. The van der Waals surface area contributed by atoms with Crippen LogP contribution in [-0.2, 0) is 17.8 Å². The summed E-state index contributed by atoms with van der Waals surface area (Å²) in [5.74, 6) is 0.541. The van der Waals surface area contributed by atoms with Gasteiger partial charge >= 0.3 is 5.97 Å². The molecule has 3 aromatic carbocycles. The first-order valence-corrected chi connectivity index (χ1v) is 14.9. The summed E-state index contributed by atoms with van der Waals surface area (Å²) in [4.78, 5) is 18.9. The third kappa shape index (κ3) is 5.50. The lowest BCUT2D eigenvalue weighted by molar-refractivity contribution is -0.0592. The number of hydrogen-bond donors (Lipinski definition) is 1. The van der Waals surface area contributed by atoms with Gasteiger partial charge in [-0.2, -0.15) is 0 Å². The molecule has 4 heterocycles. The third-order valence-electron chi connectivity index (χ3n) is 8.93. The molecular weight excluding hydrogens is 575 g/mol. The van der Waals surface area contributed by atoms with E-state index < -0.39 is 24.3 Å². The highest BCUT2D eigenvalue weighted by molar-refractivity contribution is 5.92. The molecule has 0 unspecified atom stereocenters. The average molecular weight is 608 g/mol. The van der Waals surface area contributed by atoms with Crippen LogP contribution >= 0.6 is 0 Å². The number of aromatic carboxylic acids is 1. The summed E-state index contributed by atoms with van der Waals surface area (Å²) in [6.45, 7) is 3.70. The Morgan fingerprint density at radius 1 is 1.05 bits per heavy atom. The van der Waals surface area contributed by atoms with Crippen molar-refractivity contribution in [2.45, 2.75) is 56.9 Å². The molecule has 7 rings (SSSR count). The molecule has 4 aromatic rings. The number of aromatic nitrogens is 2. The van der Waals surface area contributed by atoms with Crippen molar-refractivity contribution in [1.29, 1.82) is 0 Å². The Kier molecular flexibility index (Phi) is 7.67. The Bertz CT molecular complexity index is 1700. The van der Waals surface area contributed by atoms with E-state index in [1.807, 2.05) is 18.2 Å². The van der Waals surface area contributed by atoms with Gasteiger partial charge in [0.05, 0.1) is 35.8 Å². The molecule has 1 N–H and O–H groups in total. The zero-order valence-corrected chi connectivity index (χ0v) is 23.9. The number of likely N-dealkylation sites (tertiary alicyclic amines) is 1. The van der Waals surface area contributed by atoms with E-state index in [9.17, 15) is 23.1 Å². The van der Waals surface area contributed by atoms with Gasteiger partial charge in [0.15, 0.2) is 17.6 Å². The number of hydrogen-bond acceptors (Lipinski definition) is 6. The van der Waals surface area contributed by atoms with E-state index >= 15 is 0 Å². The summed E-state index contributed by atoms with van der Waals surface area (Å²) in [6, 6.07) is 14.2. The van der Waals surface area contributed by atoms with Crippen LogP contribution in [0.2, 0.25) is 0 Å². The fraction of sp³-hybridized carbons (Fsp3) is 0.394. The lowest BCUT2D eigenvalue weighted by Crippen LogP contribution is -2.35. The molecule has 0 aliphatic carbocycles. The molecule has 2 atom stereocenters. The molecule has 8 nitrogen and oxygen atoms in total. The largest absolute Gasteiger partial charge is 0.485 e. The van der Waals surface area contributed by atoms with Crippen molar-refractivity contribution in [3.8, 4) is 11.5 Å². The average Bonchev–Trinajstić information content (AvgIpc) is 3.34. The van der Waals surface area contributed by atoms with Crippen LogP contribution in [0.4, 0.5) is 13.2 Å². The van der Waals surface area contributed by atoms with Crippen molar-refractivity contribution < 1.29 is 37.3 Å². The van der Waals surface area contributed by atoms with E-state index in [4.69, 9.17) is 19.2 Å². The zero-order chi connectivity index (χ0) is 30.4. The van der Waals surface area contributed by atoms with Gasteiger partial charge in [0, 0.05) is 23.3 Å². The summed E-state index contributed by atoms with van der Waals surface area (Å²) < 4.78 is 60.9. The second-order valence-corrected chi connectivity index (χ2v) is 11.7. The molecule has 0 bridgehead atoms. The van der Waals surface area contributed by atoms with E-state index in [0.717, 1.165) is 67.4 Å². The fourth-order valence-electron chi connectivity index (χ4n) is 6.39. The highest BCUT2D eigenvalue weighted by Gasteiger charge is 2.32. The molecule has 2 saturated heterocycles. The Balaban J connectivity index is 1.07. The van der Waals surface area contributed by atoms with E-state index in [1.54, 1.807) is 18.2 Å². The quantitative estimate of drug-likeness (QED) is 0.245. The first-order valence-electron chi connectivity index (χ1n) is 14.9. The Hall–Kier alpha value is -4.09. The van der Waals surface area contributed by atoms with Gasteiger partial charge in [0.1, 0.15) is 18.2 Å². The number of carbonyl (C=O) groups is 1. The van der Waals surface area contributed by atoms with Gasteiger partial charge in [-0.3, -0.25) is 4.90 Å². The predicted molar refractivity (Wildman–Crippen MR) is 155 cm³/mol. The Morgan fingerprint density at radius 2 is 1.86 bits per heavy atom. The Morgan fingerprint density at radius 3 is 2.57 bits per heavy atom. The van der Waals surface area contributed by atoms with Gasteiger partial charge in [-0.25, -0.2) is 22.9 Å². The first-order chi connectivity index (χ1) is 21.3. The summed E-state index contributed by atoms with van der Waals surface area (Å²) >= 11 is 0. The molecule has 230 valence electrons. The summed E-state index contributed by atoms with van der Waals surface area (Å²) in [5.41, 5.74) is 2.61. The van der Waals surface area contributed by atoms with Crippen LogP contribution in [-0.4, -0.2) is 57.9 Å². The van der Waals surface area contributed by atoms with Gasteiger partial charge < -0.3 is 23.9 Å². The minimum Gasteiger partial charge on any atom is -0.485 e. The lowest BCUT2D eigenvalue weighted by Gasteiger charge is -2.35. The fourth-order valence-corrected chi connectivity index (χ4v) is 6.39. The molecule has 0 radical (unpaired) electrons. The van der Waals surface area contributed by atoms with E-state index in [0.29, 0.717) is 24.6 Å². The molecular formula is C33H32F3N3O5. The van der Waals surface area contributed by atoms with E-state index in [2.05, 4.69) is 9.47 Å². The van der Waals surface area contributed by atoms with Crippen LogP contribution in [0, 0.1) is 5.82 Å². The third-order valence-corrected chi connectivity index (χ3v) is 8.93. The second-order valence-electron chi connectivity index (χ2n) is 11.7. The van der Waals surface area contributed by atoms with E-state index in [-0.39, 0.29) is 35.3 Å². The van der Waals surface area contributed by atoms with Crippen molar-refractivity contribution in [3.05, 3.63) is 88.5 Å². The minimum atomic E-state index is -2.75. The molecule has 0 amide bonds. The minimum absolute atomic E-state index is 0.0840. The number of benzene rings is 3. The number of para-hydroxylation sites is 1. The lowest BCUT2D eigenvalue weighted by atomic mass is 9.88. The van der Waals surface area contributed by atoms with E-state index in [1.165, 1.54) is 12.1 Å². The van der Waals surface area contributed by atoms with Crippen LogP contribution < -0.4 is 9.47 Å². The van der Waals surface area contributed by atoms with Crippen molar-refractivity contribution in [1.82, 2.24) is 14.5 Å². The van der Waals surface area contributed by atoms with Crippen LogP contribution in [0.3, 0.4) is 0 Å². The highest BCUT2D eigenvalue weighted by Crippen LogP contribution is 2.45. The Labute approximate surface area is 252 Å². The molecule has 3 aliphatic rings. The SMILES string of the molecule is O=C(O)c1ccc2nc(CN3CCC(c4cccc5c4O[C@@H](c4ccc(C(F)F)cc4F)CO5)CC3)n(C[C@@H]3CCO3)c2c1. The van der Waals surface area contributed by atoms with Crippen LogP contribution in [0.15, 0.2) is 54.6 Å². The van der Waals surface area contributed by atoms with Gasteiger partial charge in [-0.05, 0) is 68.6 Å². The summed E-state index contributed by atoms with van der Waals surface area (Å²) in [7, 11) is 0. The second kappa shape index (κ2) is 11.8. The van der Waals surface area contributed by atoms with Crippen LogP contribution in [0.25, 0.3) is 11.0 Å². The molecule has 1 aromatic heterocycles. The molecule has 3 aliphatic heterocycles. The number of carboxylic acids is 1. The molecule has 2 fully saturated rings. The molecule has 0 spiro atoms. The predicted octanol–water partition coefficient (Wildman–Crippen LogP) is 6.49. The number of imidazole rings is 1. The number of alkyl halides is 2. The smallest absolute Gasteiger partial charge is 0.335 e. The highest BCUT2D eigenvalue weighted by atomic mass is 19.3. The van der Waals surface area contributed by atoms with Gasteiger partial charge in [-0.15, -0.1) is 0 Å². The van der Waals surface area contributed by atoms with Gasteiger partial charge in [0.25, 0.3) is 6.43 Å². The summed E-state index contributed by atoms with van der Waals surface area (Å²) in [5, 5.41) is 9.53. The maximum absolute atomic E-state index is 14.8. The monoisotopic (exact) mass is 607 g/mol. The van der Waals surface area contributed by atoms with Crippen molar-refractivity contribution in [2.24, 2.45) is 0 Å². The van der Waals surface area contributed by atoms with Crippen LogP contribution in [0.1, 0.15) is 70.6 Å². The number of rotatable bonds is 8. The van der Waals surface area contributed by atoms with Crippen molar-refractivity contribution >= 4 is 17.0 Å². The molecule has 11 heteroatoms. The number of carboxylic acid groups (broad SMARTS) is 1. The standard InChI is InChI=1S/C33H32F3N3O5/c34-25-14-20(32(35)36)4-6-24(25)29-18-43-28-3-1-2-23(31(28)44-29)19-8-11-38(12-9-19)17-30-37-26-7-5-21(33(40)41)15-27(26)39(30)16-22-10-13-42-22/h1-7,14-15,19,22,29,32H,8-13,16-18H2,(H,40,41)/t22-,29+/m0/s1. The number of piperidine rings is 1. The van der Waals surface area contributed by atoms with Gasteiger partial charge in [-0.1, -0.05) is 24.3 Å². The topological polar surface area (TPSA) is 86.0 Å². The molecule has 44 heavy (non-hydrogen) atoms. The zero-order valence-electron chi connectivity index (χ0n) is 23.9. The van der Waals surface area contributed by atoms with Crippen molar-refractivity contribution in [2.75, 3.05) is 26.3 Å².